The lowest BCUT2D eigenvalue weighted by Gasteiger charge is -2.37. The number of aliphatic carboxylic acids is 1. The number of alkyl carbamates (subject to hydrolysis) is 1. The predicted octanol–water partition coefficient (Wildman–Crippen LogP) is 8.40. The van der Waals surface area contributed by atoms with E-state index in [4.69, 9.17) is 18.9 Å². The van der Waals surface area contributed by atoms with Crippen LogP contribution < -0.4 is 20.1 Å². The van der Waals surface area contributed by atoms with Gasteiger partial charge in [0, 0.05) is 24.0 Å². The van der Waals surface area contributed by atoms with Crippen molar-refractivity contribution in [1.82, 2.24) is 15.5 Å². The molecule has 0 aliphatic heterocycles. The highest BCUT2D eigenvalue weighted by atomic mass is 16.6. The molecule has 348 valence electrons. The van der Waals surface area contributed by atoms with Crippen LogP contribution in [0.2, 0.25) is 0 Å². The Bertz CT molecular complexity index is 2590. The molecule has 7 rings (SSSR count). The lowest BCUT2D eigenvalue weighted by atomic mass is 9.77. The molecule has 1 aliphatic carbocycles. The first-order valence-electron chi connectivity index (χ1n) is 22.2. The summed E-state index contributed by atoms with van der Waals surface area (Å²) in [4.78, 5) is 71.2. The molecule has 13 nitrogen and oxygen atoms in total. The highest BCUT2D eigenvalue weighted by Gasteiger charge is 2.40. The van der Waals surface area contributed by atoms with E-state index in [0.717, 1.165) is 43.8 Å². The maximum absolute atomic E-state index is 15.1. The fraction of sp³-hybridized carbons (Fsp3) is 0.218. The first kappa shape index (κ1) is 47.8. The van der Waals surface area contributed by atoms with Gasteiger partial charge < -0.3 is 39.6 Å². The summed E-state index contributed by atoms with van der Waals surface area (Å²) < 4.78 is 22.1. The van der Waals surface area contributed by atoms with Gasteiger partial charge in [-0.15, -0.1) is 0 Å². The number of esters is 1. The summed E-state index contributed by atoms with van der Waals surface area (Å²) in [5.74, 6) is -3.37. The average molecular weight is 916 g/mol. The fourth-order valence-electron chi connectivity index (χ4n) is 8.80. The zero-order chi connectivity index (χ0) is 48.0. The largest absolute Gasteiger partial charge is 0.497 e. The van der Waals surface area contributed by atoms with Crippen LogP contribution in [0.1, 0.15) is 58.6 Å². The number of carbonyl (C=O) groups is 5. The quantitative estimate of drug-likeness (QED) is 0.0362. The second-order valence-corrected chi connectivity index (χ2v) is 16.1. The summed E-state index contributed by atoms with van der Waals surface area (Å²) in [7, 11) is 2.89. The summed E-state index contributed by atoms with van der Waals surface area (Å²) in [6.45, 7) is 2.93. The van der Waals surface area contributed by atoms with Crippen LogP contribution in [-0.2, 0) is 40.7 Å². The SMILES string of the molecule is C=CCOC(=O)C[C@H](NC(=O)OCC1c2ccccc2-c2ccccc21)C(=O)N(Cc1ccc(OC)cc1OC)[C@@H](CCC(=O)NC(c1ccccc1)(c1ccccc1)c1ccccc1)C(=O)O. The third-order valence-corrected chi connectivity index (χ3v) is 12.0. The lowest BCUT2D eigenvalue weighted by molar-refractivity contribution is -0.153. The molecular weight excluding hydrogens is 863 g/mol. The molecule has 0 fully saturated rings. The number of ether oxygens (including phenoxy) is 4. The Morgan fingerprint density at radius 3 is 1.78 bits per heavy atom. The minimum atomic E-state index is -1.68. The van der Waals surface area contributed by atoms with Gasteiger partial charge in [0.25, 0.3) is 0 Å². The number of rotatable bonds is 21. The topological polar surface area (TPSA) is 170 Å². The Hall–Kier alpha value is -8.19. The van der Waals surface area contributed by atoms with Crippen LogP contribution in [0.3, 0.4) is 0 Å². The molecule has 3 amide bonds. The van der Waals surface area contributed by atoms with E-state index in [-0.39, 0.29) is 44.3 Å². The number of hydrogen-bond acceptors (Lipinski definition) is 9. The fourth-order valence-corrected chi connectivity index (χ4v) is 8.80. The van der Waals surface area contributed by atoms with Crippen molar-refractivity contribution in [2.24, 2.45) is 0 Å². The summed E-state index contributed by atoms with van der Waals surface area (Å²) in [6.07, 6.45) is -1.09. The van der Waals surface area contributed by atoms with Gasteiger partial charge in [0.15, 0.2) is 0 Å². The van der Waals surface area contributed by atoms with Crippen LogP contribution in [0.15, 0.2) is 170 Å². The zero-order valence-electron chi connectivity index (χ0n) is 37.8. The second-order valence-electron chi connectivity index (χ2n) is 16.1. The van der Waals surface area contributed by atoms with Crippen LogP contribution in [0.4, 0.5) is 4.79 Å². The summed E-state index contributed by atoms with van der Waals surface area (Å²) >= 11 is 0. The van der Waals surface area contributed by atoms with Gasteiger partial charge in [-0.3, -0.25) is 14.4 Å². The average Bonchev–Trinajstić information content (AvgIpc) is 3.69. The van der Waals surface area contributed by atoms with Crippen molar-refractivity contribution < 1.29 is 48.0 Å². The maximum atomic E-state index is 15.1. The number of benzene rings is 6. The first-order chi connectivity index (χ1) is 33.1. The molecule has 0 radical (unpaired) electrons. The van der Waals surface area contributed by atoms with Crippen LogP contribution in [-0.4, -0.2) is 79.4 Å². The van der Waals surface area contributed by atoms with Gasteiger partial charge in [0.05, 0.1) is 27.2 Å². The van der Waals surface area contributed by atoms with Crippen LogP contribution in [0.5, 0.6) is 11.5 Å². The molecule has 1 aliphatic rings. The van der Waals surface area contributed by atoms with Gasteiger partial charge in [0.2, 0.25) is 11.8 Å². The highest BCUT2D eigenvalue weighted by molar-refractivity contribution is 5.92. The van der Waals surface area contributed by atoms with E-state index in [9.17, 15) is 24.3 Å². The standard InChI is InChI=1S/C55H53N3O10/c1-4-32-67-51(60)34-47(56-54(64)68-36-46-44-26-16-14-24-42(44)43-25-15-17-27-45(43)46)52(61)58(35-37-28-29-41(65-2)33-49(37)66-3)48(53(62)63)30-31-50(59)57-55(38-18-8-5-9-19-38,39-20-10-6-11-21-39)40-22-12-7-13-23-40/h4-29,33,46-48H,1,30-32,34-36H2,2-3H3,(H,56,64)(H,57,59)(H,62,63)/t47-,48-/m0/s1. The van der Waals surface area contributed by atoms with Crippen molar-refractivity contribution in [3.05, 3.63) is 204 Å². The molecule has 0 heterocycles. The van der Waals surface area contributed by atoms with E-state index < -0.39 is 53.9 Å². The van der Waals surface area contributed by atoms with Gasteiger partial charge in [-0.05, 0) is 57.5 Å². The van der Waals surface area contributed by atoms with Crippen molar-refractivity contribution in [1.29, 1.82) is 0 Å². The van der Waals surface area contributed by atoms with E-state index in [1.54, 1.807) is 18.2 Å². The Kier molecular flexibility index (Phi) is 15.7. The number of fused-ring (bicyclic) bond motifs is 3. The maximum Gasteiger partial charge on any atom is 0.407 e. The van der Waals surface area contributed by atoms with Crippen molar-refractivity contribution >= 4 is 29.8 Å². The first-order valence-corrected chi connectivity index (χ1v) is 22.2. The van der Waals surface area contributed by atoms with Gasteiger partial charge in [0.1, 0.15) is 42.3 Å². The van der Waals surface area contributed by atoms with Crippen molar-refractivity contribution in [3.8, 4) is 22.6 Å². The van der Waals surface area contributed by atoms with Gasteiger partial charge in [-0.1, -0.05) is 152 Å². The minimum Gasteiger partial charge on any atom is -0.497 e. The number of nitrogens with one attached hydrogen (secondary N) is 2. The second kappa shape index (κ2) is 22.3. The molecule has 0 spiro atoms. The molecule has 2 atom stereocenters. The normalized spacial score (nSPS) is 12.6. The number of carbonyl (C=O) groups excluding carboxylic acids is 4. The van der Waals surface area contributed by atoms with Gasteiger partial charge in [-0.2, -0.15) is 0 Å². The summed E-state index contributed by atoms with van der Waals surface area (Å²) in [6, 6.07) is 45.4. The lowest BCUT2D eigenvalue weighted by Crippen LogP contribution is -2.55. The van der Waals surface area contributed by atoms with E-state index >= 15 is 4.79 Å². The third kappa shape index (κ3) is 10.7. The molecule has 0 bridgehead atoms. The van der Waals surface area contributed by atoms with Crippen LogP contribution >= 0.6 is 0 Å². The summed E-state index contributed by atoms with van der Waals surface area (Å²) in [5, 5.41) is 16.8. The minimum absolute atomic E-state index is 0.0995. The Morgan fingerprint density at radius 2 is 1.26 bits per heavy atom. The molecule has 6 aromatic carbocycles. The monoisotopic (exact) mass is 915 g/mol. The molecular formula is C55H53N3O10. The molecule has 68 heavy (non-hydrogen) atoms. The van der Waals surface area contributed by atoms with E-state index in [2.05, 4.69) is 17.2 Å². The number of amides is 3. The number of hydrogen-bond donors (Lipinski definition) is 3. The smallest absolute Gasteiger partial charge is 0.407 e. The molecule has 0 saturated carbocycles. The molecule has 0 aromatic heterocycles. The van der Waals surface area contributed by atoms with Crippen molar-refractivity contribution in [2.45, 2.75) is 49.3 Å². The number of methoxy groups -OCH3 is 2. The van der Waals surface area contributed by atoms with Crippen LogP contribution in [0, 0.1) is 0 Å². The van der Waals surface area contributed by atoms with Crippen LogP contribution in [0.25, 0.3) is 11.1 Å². The third-order valence-electron chi connectivity index (χ3n) is 12.0. The molecule has 0 unspecified atom stereocenters. The number of carboxylic acid groups (broad SMARTS) is 1. The Balaban J connectivity index is 1.20. The highest BCUT2D eigenvalue weighted by Crippen LogP contribution is 2.44. The summed E-state index contributed by atoms with van der Waals surface area (Å²) in [5.41, 5.74) is 5.40. The van der Waals surface area contributed by atoms with Crippen molar-refractivity contribution in [3.63, 3.8) is 0 Å². The van der Waals surface area contributed by atoms with E-state index in [1.165, 1.54) is 20.3 Å². The molecule has 0 saturated heterocycles. The Labute approximate surface area is 395 Å². The molecule has 13 heteroatoms. The van der Waals surface area contributed by atoms with E-state index in [0.29, 0.717) is 11.3 Å². The van der Waals surface area contributed by atoms with E-state index in [1.807, 2.05) is 140 Å². The van der Waals surface area contributed by atoms with Crippen molar-refractivity contribution in [2.75, 3.05) is 27.4 Å². The molecule has 3 N–H and O–H groups in total. The van der Waals surface area contributed by atoms with Gasteiger partial charge in [-0.25, -0.2) is 9.59 Å². The Morgan fingerprint density at radius 1 is 0.721 bits per heavy atom. The predicted molar refractivity (Wildman–Crippen MR) is 256 cm³/mol. The molecule has 6 aromatic rings. The number of nitrogens with zero attached hydrogens (tertiary/aromatic N) is 1. The zero-order valence-corrected chi connectivity index (χ0v) is 37.8. The van der Waals surface area contributed by atoms with Gasteiger partial charge >= 0.3 is 18.0 Å². The number of carboxylic acids is 1.